The molecule has 0 aliphatic rings. The molecule has 1 amide bonds. The molecule has 0 bridgehead atoms. The zero-order chi connectivity index (χ0) is 17.4. The van der Waals surface area contributed by atoms with Gasteiger partial charge in [0.05, 0.1) is 0 Å². The highest BCUT2D eigenvalue weighted by Gasteiger charge is 2.07. The molecule has 24 heavy (non-hydrogen) atoms. The number of para-hydroxylation sites is 2. The average Bonchev–Trinajstić information content (AvgIpc) is 2.59. The third-order valence-corrected chi connectivity index (χ3v) is 3.36. The van der Waals surface area contributed by atoms with Crippen molar-refractivity contribution < 1.29 is 13.9 Å². The number of ether oxygens (including phenoxy) is 1. The second kappa shape index (κ2) is 8.83. The zero-order valence-electron chi connectivity index (χ0n) is 13.1. The second-order valence-corrected chi connectivity index (χ2v) is 5.27. The lowest BCUT2D eigenvalue weighted by Crippen LogP contribution is -2.45. The Kier molecular flexibility index (Phi) is 6.51. The van der Waals surface area contributed by atoms with Crippen LogP contribution < -0.4 is 20.9 Å². The van der Waals surface area contributed by atoms with Crippen molar-refractivity contribution >= 4 is 28.9 Å². The first-order valence-corrected chi connectivity index (χ1v) is 7.82. The van der Waals surface area contributed by atoms with Gasteiger partial charge >= 0.3 is 0 Å². The van der Waals surface area contributed by atoms with E-state index in [1.165, 1.54) is 12.1 Å². The van der Waals surface area contributed by atoms with Crippen molar-refractivity contribution in [2.24, 2.45) is 0 Å². The largest absolute Gasteiger partial charge is 0.481 e. The average molecular weight is 347 g/mol. The number of carbonyl (C=O) groups is 1. The van der Waals surface area contributed by atoms with Crippen LogP contribution in [0, 0.1) is 5.82 Å². The Morgan fingerprint density at radius 3 is 2.58 bits per heavy atom. The molecule has 0 radical (unpaired) electrons. The van der Waals surface area contributed by atoms with Gasteiger partial charge in [0.1, 0.15) is 0 Å². The Labute approximate surface area is 145 Å². The van der Waals surface area contributed by atoms with Gasteiger partial charge in [0, 0.05) is 5.69 Å². The molecule has 0 saturated heterocycles. The van der Waals surface area contributed by atoms with E-state index < -0.39 is 11.7 Å². The van der Waals surface area contributed by atoms with E-state index in [2.05, 4.69) is 16.2 Å². The number of benzene rings is 2. The van der Waals surface area contributed by atoms with Gasteiger partial charge in [-0.25, -0.2) is 4.39 Å². The standard InChI is InChI=1S/C17H18FN3O2S/c1-2-12-7-3-5-9-14(12)19-17(24)21-20-16(22)11-23-15-10-6-4-8-13(15)18/h3-10H,2,11H2,1H3,(H,20,22)(H2,19,21,24). The molecule has 0 unspecified atom stereocenters. The molecule has 2 rings (SSSR count). The van der Waals surface area contributed by atoms with Crippen molar-refractivity contribution in [1.29, 1.82) is 0 Å². The summed E-state index contributed by atoms with van der Waals surface area (Å²) in [7, 11) is 0. The first-order chi connectivity index (χ1) is 11.6. The summed E-state index contributed by atoms with van der Waals surface area (Å²) >= 11 is 5.12. The van der Waals surface area contributed by atoms with E-state index in [4.69, 9.17) is 17.0 Å². The molecule has 3 N–H and O–H groups in total. The van der Waals surface area contributed by atoms with Crippen LogP contribution in [0.2, 0.25) is 0 Å². The Bertz CT molecular complexity index is 724. The Morgan fingerprint density at radius 1 is 1.12 bits per heavy atom. The number of nitrogens with one attached hydrogen (secondary N) is 3. The summed E-state index contributed by atoms with van der Waals surface area (Å²) in [6, 6.07) is 13.6. The molecule has 0 aliphatic heterocycles. The van der Waals surface area contributed by atoms with Gasteiger partial charge in [0.2, 0.25) is 0 Å². The number of hydrogen-bond acceptors (Lipinski definition) is 3. The first kappa shape index (κ1) is 17.7. The van der Waals surface area contributed by atoms with Crippen LogP contribution in [0.4, 0.5) is 10.1 Å². The van der Waals surface area contributed by atoms with Crippen molar-refractivity contribution in [1.82, 2.24) is 10.9 Å². The van der Waals surface area contributed by atoms with E-state index in [0.29, 0.717) is 0 Å². The van der Waals surface area contributed by atoms with Crippen LogP contribution in [0.25, 0.3) is 0 Å². The number of hydrazine groups is 1. The molecule has 0 spiro atoms. The summed E-state index contributed by atoms with van der Waals surface area (Å²) in [5.41, 5.74) is 6.95. The zero-order valence-corrected chi connectivity index (χ0v) is 14.0. The van der Waals surface area contributed by atoms with E-state index in [1.807, 2.05) is 31.2 Å². The van der Waals surface area contributed by atoms with Gasteiger partial charge in [0.25, 0.3) is 5.91 Å². The SMILES string of the molecule is CCc1ccccc1NC(=S)NNC(=O)COc1ccccc1F. The molecule has 0 fully saturated rings. The van der Waals surface area contributed by atoms with Crippen LogP contribution in [0.3, 0.4) is 0 Å². The number of carbonyl (C=O) groups excluding carboxylic acids is 1. The maximum Gasteiger partial charge on any atom is 0.276 e. The molecule has 0 atom stereocenters. The number of hydrogen-bond donors (Lipinski definition) is 3. The summed E-state index contributed by atoms with van der Waals surface area (Å²) in [5.74, 6) is -0.983. The maximum absolute atomic E-state index is 13.4. The molecule has 0 aliphatic carbocycles. The maximum atomic E-state index is 13.4. The van der Waals surface area contributed by atoms with Crippen LogP contribution in [-0.4, -0.2) is 17.6 Å². The fourth-order valence-electron chi connectivity index (χ4n) is 1.97. The van der Waals surface area contributed by atoms with Gasteiger partial charge in [-0.2, -0.15) is 0 Å². The van der Waals surface area contributed by atoms with Crippen molar-refractivity contribution in [3.63, 3.8) is 0 Å². The minimum Gasteiger partial charge on any atom is -0.481 e. The highest BCUT2D eigenvalue weighted by molar-refractivity contribution is 7.80. The number of thiocarbonyl (C=S) groups is 1. The molecule has 0 aromatic heterocycles. The molecule has 2 aromatic carbocycles. The lowest BCUT2D eigenvalue weighted by molar-refractivity contribution is -0.123. The second-order valence-electron chi connectivity index (χ2n) is 4.86. The minimum absolute atomic E-state index is 0.0187. The lowest BCUT2D eigenvalue weighted by atomic mass is 10.1. The normalized spacial score (nSPS) is 9.92. The Morgan fingerprint density at radius 2 is 1.83 bits per heavy atom. The molecule has 7 heteroatoms. The molecule has 2 aromatic rings. The summed E-state index contributed by atoms with van der Waals surface area (Å²) in [6.45, 7) is 1.71. The molecule has 0 heterocycles. The number of rotatable bonds is 5. The summed E-state index contributed by atoms with van der Waals surface area (Å²) in [4.78, 5) is 11.7. The highest BCUT2D eigenvalue weighted by atomic mass is 32.1. The smallest absolute Gasteiger partial charge is 0.276 e. The topological polar surface area (TPSA) is 62.4 Å². The van der Waals surface area contributed by atoms with Crippen molar-refractivity contribution in [2.45, 2.75) is 13.3 Å². The predicted octanol–water partition coefficient (Wildman–Crippen LogP) is 2.78. The molecule has 0 saturated carbocycles. The fraction of sp³-hybridized carbons (Fsp3) is 0.176. The lowest BCUT2D eigenvalue weighted by Gasteiger charge is -2.14. The Balaban J connectivity index is 1.77. The third-order valence-electron chi connectivity index (χ3n) is 3.16. The van der Waals surface area contributed by atoms with E-state index in [0.717, 1.165) is 17.7 Å². The van der Waals surface area contributed by atoms with Gasteiger partial charge < -0.3 is 10.1 Å². The number of halogens is 1. The van der Waals surface area contributed by atoms with Crippen LogP contribution in [-0.2, 0) is 11.2 Å². The summed E-state index contributed by atoms with van der Waals surface area (Å²) in [6.07, 6.45) is 0.856. The van der Waals surface area contributed by atoms with Gasteiger partial charge in [-0.3, -0.25) is 15.6 Å². The number of anilines is 1. The predicted molar refractivity (Wildman–Crippen MR) is 95.2 cm³/mol. The molecule has 5 nitrogen and oxygen atoms in total. The minimum atomic E-state index is -0.522. The van der Waals surface area contributed by atoms with E-state index in [9.17, 15) is 9.18 Å². The Hall–Kier alpha value is -2.67. The van der Waals surface area contributed by atoms with Crippen LogP contribution >= 0.6 is 12.2 Å². The third kappa shape index (κ3) is 5.20. The van der Waals surface area contributed by atoms with Crippen molar-refractivity contribution in [3.05, 3.63) is 59.9 Å². The van der Waals surface area contributed by atoms with Crippen molar-refractivity contribution in [3.8, 4) is 5.75 Å². The summed E-state index contributed by atoms with van der Waals surface area (Å²) < 4.78 is 18.5. The van der Waals surface area contributed by atoms with Crippen molar-refractivity contribution in [2.75, 3.05) is 11.9 Å². The van der Waals surface area contributed by atoms with Crippen LogP contribution in [0.15, 0.2) is 48.5 Å². The fourth-order valence-corrected chi connectivity index (χ4v) is 2.13. The highest BCUT2D eigenvalue weighted by Crippen LogP contribution is 2.15. The first-order valence-electron chi connectivity index (χ1n) is 7.41. The van der Waals surface area contributed by atoms with Gasteiger partial charge in [-0.1, -0.05) is 37.3 Å². The molecule has 126 valence electrons. The van der Waals surface area contributed by atoms with E-state index >= 15 is 0 Å². The van der Waals surface area contributed by atoms with Crippen LogP contribution in [0.5, 0.6) is 5.75 Å². The van der Waals surface area contributed by atoms with Gasteiger partial charge in [0.15, 0.2) is 23.3 Å². The van der Waals surface area contributed by atoms with E-state index in [-0.39, 0.29) is 17.5 Å². The van der Waals surface area contributed by atoms with Gasteiger partial charge in [-0.05, 0) is 42.4 Å². The quantitative estimate of drug-likeness (QED) is 0.573. The van der Waals surface area contributed by atoms with Gasteiger partial charge in [-0.15, -0.1) is 0 Å². The van der Waals surface area contributed by atoms with Crippen LogP contribution in [0.1, 0.15) is 12.5 Å². The summed E-state index contributed by atoms with van der Waals surface area (Å²) in [5, 5.41) is 3.25. The van der Waals surface area contributed by atoms with E-state index in [1.54, 1.807) is 12.1 Å². The monoisotopic (exact) mass is 347 g/mol. The molecular weight excluding hydrogens is 329 g/mol. The number of aryl methyl sites for hydroxylation is 1. The number of amides is 1. The molecular formula is C17H18FN3O2S.